The van der Waals surface area contributed by atoms with E-state index in [1.54, 1.807) is 0 Å². The zero-order valence-corrected chi connectivity index (χ0v) is 21.9. The largest absolute Gasteiger partial charge is 0.432 e. The second kappa shape index (κ2) is 8.55. The van der Waals surface area contributed by atoms with E-state index in [4.69, 9.17) is 4.98 Å². The van der Waals surface area contributed by atoms with E-state index in [0.717, 1.165) is 40.7 Å². The third-order valence-corrected chi connectivity index (χ3v) is 10.2. The van der Waals surface area contributed by atoms with Crippen molar-refractivity contribution in [3.05, 3.63) is 35.0 Å². The average Bonchev–Trinajstić information content (AvgIpc) is 2.61. The number of fused-ring (bicyclic) bond motifs is 1. The first-order chi connectivity index (χ1) is 13.7. The summed E-state index contributed by atoms with van der Waals surface area (Å²) in [4.78, 5) is 17.4. The molecule has 2 rings (SSSR count). The molecule has 0 atom stereocenters. The third-order valence-electron chi connectivity index (χ3n) is 5.81. The fourth-order valence-corrected chi connectivity index (χ4v) is 4.35. The molecule has 0 aliphatic rings. The molecule has 0 unspecified atom stereocenters. The molecule has 160 valence electrons. The summed E-state index contributed by atoms with van der Waals surface area (Å²) in [6.45, 7) is 14.9. The van der Waals surface area contributed by atoms with Gasteiger partial charge in [0.1, 0.15) is 19.7 Å². The first-order valence-electron chi connectivity index (χ1n) is 10.5. The van der Waals surface area contributed by atoms with Crippen molar-refractivity contribution < 1.29 is 4.80 Å². The number of hydrogen-bond donors (Lipinski definition) is 1. The number of pyridine rings is 1. The minimum atomic E-state index is -2.26. The van der Waals surface area contributed by atoms with Crippen LogP contribution in [0, 0.1) is 22.8 Å². The first-order valence-corrected chi connectivity index (χ1v) is 16.9. The molecule has 0 aliphatic heterocycles. The normalized spacial score (nSPS) is 12.3. The molecule has 0 fully saturated rings. The van der Waals surface area contributed by atoms with Gasteiger partial charge in [-0.15, -0.1) is 5.54 Å². The first kappa shape index (κ1) is 24.1. The van der Waals surface area contributed by atoms with Gasteiger partial charge in [-0.3, -0.25) is 4.98 Å². The van der Waals surface area contributed by atoms with E-state index in [1.807, 2.05) is 44.2 Å². The Balaban J connectivity index is 2.58. The van der Waals surface area contributed by atoms with Crippen LogP contribution in [0.1, 0.15) is 37.1 Å². The lowest BCUT2D eigenvalue weighted by Crippen LogP contribution is -2.39. The molecule has 0 bridgehead atoms. The highest BCUT2D eigenvalue weighted by atomic mass is 28.4. The van der Waals surface area contributed by atoms with E-state index in [9.17, 15) is 10.1 Å². The highest BCUT2D eigenvalue weighted by Crippen LogP contribution is 2.40. The van der Waals surface area contributed by atoms with E-state index in [2.05, 4.69) is 57.1 Å². The SMILES string of the molecule is CN(C)c1c(C#C[Si](C)(C)C)cc2ccc(CCC(C)(C)[Si](C)(C)O)nc2c1C#N. The van der Waals surface area contributed by atoms with Gasteiger partial charge in [-0.1, -0.05) is 45.5 Å². The van der Waals surface area contributed by atoms with Crippen LogP contribution in [-0.4, -0.2) is 40.3 Å². The lowest BCUT2D eigenvalue weighted by molar-refractivity contribution is 0.450. The van der Waals surface area contributed by atoms with E-state index in [0.29, 0.717) is 5.56 Å². The fourth-order valence-electron chi connectivity index (χ4n) is 3.10. The van der Waals surface area contributed by atoms with Crippen LogP contribution in [-0.2, 0) is 6.42 Å². The number of nitrogens with zero attached hydrogens (tertiary/aromatic N) is 3. The van der Waals surface area contributed by atoms with Gasteiger partial charge in [-0.25, -0.2) is 0 Å². The van der Waals surface area contributed by atoms with Gasteiger partial charge in [0, 0.05) is 30.7 Å². The van der Waals surface area contributed by atoms with Crippen LogP contribution < -0.4 is 4.90 Å². The number of anilines is 1. The summed E-state index contributed by atoms with van der Waals surface area (Å²) < 4.78 is 0. The zero-order valence-electron chi connectivity index (χ0n) is 19.9. The minimum absolute atomic E-state index is 0.104. The second-order valence-electron chi connectivity index (χ2n) is 10.5. The van der Waals surface area contributed by atoms with Crippen LogP contribution in [0.15, 0.2) is 18.2 Å². The van der Waals surface area contributed by atoms with E-state index in [-0.39, 0.29) is 5.04 Å². The molecule has 1 aromatic carbocycles. The summed E-state index contributed by atoms with van der Waals surface area (Å²) in [7, 11) is 0.0868. The molecule has 0 saturated carbocycles. The number of rotatable bonds is 5. The van der Waals surface area contributed by atoms with Crippen molar-refractivity contribution in [3.63, 3.8) is 0 Å². The molecule has 6 heteroatoms. The van der Waals surface area contributed by atoms with Crippen molar-refractivity contribution in [3.8, 4) is 17.5 Å². The molecular weight excluding hydrogens is 402 g/mol. The van der Waals surface area contributed by atoms with Gasteiger partial charge in [-0.2, -0.15) is 5.26 Å². The molecule has 0 spiro atoms. The summed E-state index contributed by atoms with van der Waals surface area (Å²) >= 11 is 0. The van der Waals surface area contributed by atoms with Gasteiger partial charge in [0.15, 0.2) is 8.32 Å². The predicted octanol–water partition coefficient (Wildman–Crippen LogP) is 5.31. The average molecular weight is 438 g/mol. The lowest BCUT2D eigenvalue weighted by atomic mass is 10.00. The minimum Gasteiger partial charge on any atom is -0.432 e. The third kappa shape index (κ3) is 5.52. The number of benzene rings is 1. The smallest absolute Gasteiger partial charge is 0.188 e. The number of hydrogen-bond acceptors (Lipinski definition) is 4. The molecule has 0 saturated heterocycles. The van der Waals surface area contributed by atoms with Crippen LogP contribution in [0.5, 0.6) is 0 Å². The molecule has 1 N–H and O–H groups in total. The van der Waals surface area contributed by atoms with Crippen molar-refractivity contribution in [2.24, 2.45) is 0 Å². The van der Waals surface area contributed by atoms with Crippen molar-refractivity contribution in [1.29, 1.82) is 5.26 Å². The summed E-state index contributed by atoms with van der Waals surface area (Å²) in [5.74, 6) is 3.35. The van der Waals surface area contributed by atoms with Crippen LogP contribution in [0.4, 0.5) is 5.69 Å². The molecule has 0 aliphatic carbocycles. The molecule has 30 heavy (non-hydrogen) atoms. The Kier molecular flexibility index (Phi) is 6.88. The quantitative estimate of drug-likeness (QED) is 0.508. The Morgan fingerprint density at radius 1 is 1.13 bits per heavy atom. The maximum Gasteiger partial charge on any atom is 0.188 e. The topological polar surface area (TPSA) is 60.1 Å². The Hall–Kier alpha value is -2.13. The van der Waals surface area contributed by atoms with Gasteiger partial charge in [0.05, 0.1) is 11.2 Å². The van der Waals surface area contributed by atoms with Crippen molar-refractivity contribution in [2.45, 2.75) is 64.5 Å². The number of aromatic nitrogens is 1. The summed E-state index contributed by atoms with van der Waals surface area (Å²) in [5.41, 5.74) is 7.41. The Morgan fingerprint density at radius 2 is 1.77 bits per heavy atom. The Morgan fingerprint density at radius 3 is 2.27 bits per heavy atom. The van der Waals surface area contributed by atoms with Crippen LogP contribution >= 0.6 is 0 Å². The highest BCUT2D eigenvalue weighted by Gasteiger charge is 2.37. The zero-order chi connectivity index (χ0) is 22.9. The molecular formula is C24H35N3OSi2. The molecule has 0 amide bonds. The maximum atomic E-state index is 10.6. The van der Waals surface area contributed by atoms with Crippen LogP contribution in [0.3, 0.4) is 0 Å². The summed E-state index contributed by atoms with van der Waals surface area (Å²) in [5, 5.41) is 10.8. The van der Waals surface area contributed by atoms with E-state index >= 15 is 0 Å². The van der Waals surface area contributed by atoms with Crippen molar-refractivity contribution in [2.75, 3.05) is 19.0 Å². The van der Waals surface area contributed by atoms with Crippen LogP contribution in [0.2, 0.25) is 37.8 Å². The maximum absolute atomic E-state index is 10.6. The summed E-state index contributed by atoms with van der Waals surface area (Å²) in [6, 6.07) is 8.53. The standard InChI is InChI=1S/C24H35N3OSi2/c1-24(2,30(8,9)28)14-12-20-11-10-18-16-19(13-15-29(5,6)7)23(27(3)4)21(17-25)22(18)26-20/h10-11,16,28H,12,14H2,1-9H3. The van der Waals surface area contributed by atoms with E-state index < -0.39 is 16.4 Å². The van der Waals surface area contributed by atoms with Gasteiger partial charge >= 0.3 is 0 Å². The fraction of sp³-hybridized carbons (Fsp3) is 0.500. The highest BCUT2D eigenvalue weighted by molar-refractivity contribution is 6.83. The summed E-state index contributed by atoms with van der Waals surface area (Å²) in [6.07, 6.45) is 1.64. The van der Waals surface area contributed by atoms with Gasteiger partial charge < -0.3 is 9.70 Å². The van der Waals surface area contributed by atoms with E-state index in [1.165, 1.54) is 0 Å². The predicted molar refractivity (Wildman–Crippen MR) is 133 cm³/mol. The Labute approximate surface area is 184 Å². The number of nitriles is 1. The van der Waals surface area contributed by atoms with Gasteiger partial charge in [-0.05, 0) is 43.1 Å². The van der Waals surface area contributed by atoms with Gasteiger partial charge in [0.2, 0.25) is 0 Å². The van der Waals surface area contributed by atoms with Gasteiger partial charge in [0.25, 0.3) is 0 Å². The molecule has 1 aromatic heterocycles. The monoisotopic (exact) mass is 437 g/mol. The molecule has 4 nitrogen and oxygen atoms in total. The van der Waals surface area contributed by atoms with Crippen molar-refractivity contribution in [1.82, 2.24) is 4.98 Å². The molecule has 2 aromatic rings. The number of aryl methyl sites for hydroxylation is 1. The molecule has 0 radical (unpaired) electrons. The lowest BCUT2D eigenvalue weighted by Gasteiger charge is -2.35. The second-order valence-corrected chi connectivity index (χ2v) is 19.7. The van der Waals surface area contributed by atoms with Crippen molar-refractivity contribution >= 4 is 33.0 Å². The van der Waals surface area contributed by atoms with Crippen LogP contribution in [0.25, 0.3) is 10.9 Å². The molecule has 1 heterocycles. The Bertz CT molecular complexity index is 1040.